The van der Waals surface area contributed by atoms with Gasteiger partial charge in [-0.05, 0) is 18.6 Å². The van der Waals surface area contributed by atoms with Crippen LogP contribution in [0.4, 0.5) is 22.0 Å². The molecule has 2 N–H and O–H groups in total. The smallest absolute Gasteiger partial charge is 0.316 e. The number of nitrogens with two attached hydrogens (primary N) is 1. The molecule has 0 aliphatic rings. The second-order valence-corrected chi connectivity index (χ2v) is 3.11. The van der Waals surface area contributed by atoms with Crippen LogP contribution < -0.4 is 5.73 Å². The highest BCUT2D eigenvalue weighted by atomic mass is 19.4. The van der Waals surface area contributed by atoms with Gasteiger partial charge in [-0.15, -0.1) is 0 Å². The zero-order chi connectivity index (χ0) is 11.8. The lowest BCUT2D eigenvalue weighted by Crippen LogP contribution is -2.30. The van der Waals surface area contributed by atoms with Crippen molar-refractivity contribution >= 4 is 0 Å². The molecule has 84 valence electrons. The molecule has 0 aliphatic heterocycles. The standard InChI is InChI=1S/C9H8F5N/c1-4-2-3-5(10)6(7(4)11)8(15)9(12,13)14/h2-3,8H,15H2,1H3. The van der Waals surface area contributed by atoms with Crippen molar-refractivity contribution in [3.8, 4) is 0 Å². The molecular formula is C9H8F5N. The first-order valence-corrected chi connectivity index (χ1v) is 4.02. The lowest BCUT2D eigenvalue weighted by Gasteiger charge is -2.17. The van der Waals surface area contributed by atoms with Gasteiger partial charge in [-0.1, -0.05) is 6.07 Å². The molecule has 0 bridgehead atoms. The van der Waals surface area contributed by atoms with Gasteiger partial charge in [0.15, 0.2) is 0 Å². The van der Waals surface area contributed by atoms with Crippen molar-refractivity contribution in [1.29, 1.82) is 0 Å². The van der Waals surface area contributed by atoms with Crippen molar-refractivity contribution in [1.82, 2.24) is 0 Å². The third-order valence-corrected chi connectivity index (χ3v) is 1.98. The van der Waals surface area contributed by atoms with Crippen LogP contribution in [-0.2, 0) is 0 Å². The minimum absolute atomic E-state index is 0.0777. The van der Waals surface area contributed by atoms with E-state index in [-0.39, 0.29) is 5.56 Å². The molecule has 1 rings (SSSR count). The quantitative estimate of drug-likeness (QED) is 0.730. The molecular weight excluding hydrogens is 217 g/mol. The molecule has 0 heterocycles. The Hall–Kier alpha value is -1.17. The first-order chi connectivity index (χ1) is 6.75. The van der Waals surface area contributed by atoms with Crippen LogP contribution in [0.3, 0.4) is 0 Å². The molecule has 1 aromatic carbocycles. The Balaban J connectivity index is 3.31. The normalized spacial score (nSPS) is 14.1. The van der Waals surface area contributed by atoms with E-state index in [0.717, 1.165) is 12.1 Å². The zero-order valence-corrected chi connectivity index (χ0v) is 7.70. The van der Waals surface area contributed by atoms with Crippen molar-refractivity contribution in [2.75, 3.05) is 0 Å². The summed E-state index contributed by atoms with van der Waals surface area (Å²) < 4.78 is 62.7. The predicted octanol–water partition coefficient (Wildman–Crippen LogP) is 2.84. The molecule has 0 saturated carbocycles. The minimum Gasteiger partial charge on any atom is -0.316 e. The number of benzene rings is 1. The summed E-state index contributed by atoms with van der Waals surface area (Å²) in [5.41, 5.74) is 3.52. The van der Waals surface area contributed by atoms with Crippen LogP contribution >= 0.6 is 0 Å². The molecule has 0 saturated heterocycles. The second-order valence-electron chi connectivity index (χ2n) is 3.11. The maximum Gasteiger partial charge on any atom is 0.407 e. The van der Waals surface area contributed by atoms with Crippen molar-refractivity contribution in [2.45, 2.75) is 19.1 Å². The van der Waals surface area contributed by atoms with Gasteiger partial charge in [-0.25, -0.2) is 8.78 Å². The number of hydrogen-bond acceptors (Lipinski definition) is 1. The highest BCUT2D eigenvalue weighted by Crippen LogP contribution is 2.33. The van der Waals surface area contributed by atoms with Crippen LogP contribution in [-0.4, -0.2) is 6.18 Å². The summed E-state index contributed by atoms with van der Waals surface area (Å²) in [6.07, 6.45) is -4.87. The van der Waals surface area contributed by atoms with Crippen molar-refractivity contribution in [2.24, 2.45) is 5.73 Å². The summed E-state index contributed by atoms with van der Waals surface area (Å²) in [4.78, 5) is 0. The monoisotopic (exact) mass is 225 g/mol. The van der Waals surface area contributed by atoms with E-state index in [4.69, 9.17) is 5.73 Å². The Morgan fingerprint density at radius 3 is 2.20 bits per heavy atom. The summed E-state index contributed by atoms with van der Waals surface area (Å²) in [6.45, 7) is 1.24. The van der Waals surface area contributed by atoms with Gasteiger partial charge in [0.1, 0.15) is 17.7 Å². The van der Waals surface area contributed by atoms with Crippen molar-refractivity contribution < 1.29 is 22.0 Å². The number of halogens is 5. The Kier molecular flexibility index (Phi) is 2.99. The van der Waals surface area contributed by atoms with Crippen LogP contribution in [0, 0.1) is 18.6 Å². The fourth-order valence-electron chi connectivity index (χ4n) is 1.13. The van der Waals surface area contributed by atoms with E-state index in [1.165, 1.54) is 6.92 Å². The molecule has 0 amide bonds. The highest BCUT2D eigenvalue weighted by molar-refractivity contribution is 5.29. The van der Waals surface area contributed by atoms with Crippen LogP contribution in [0.2, 0.25) is 0 Å². The number of alkyl halides is 3. The van der Waals surface area contributed by atoms with Gasteiger partial charge in [0.2, 0.25) is 0 Å². The third kappa shape index (κ3) is 2.26. The average molecular weight is 225 g/mol. The van der Waals surface area contributed by atoms with Crippen LogP contribution in [0.5, 0.6) is 0 Å². The summed E-state index contributed by atoms with van der Waals surface area (Å²) in [5, 5.41) is 0. The molecule has 1 atom stereocenters. The van der Waals surface area contributed by atoms with E-state index >= 15 is 0 Å². The largest absolute Gasteiger partial charge is 0.407 e. The summed E-state index contributed by atoms with van der Waals surface area (Å²) in [7, 11) is 0. The van der Waals surface area contributed by atoms with Gasteiger partial charge in [-0.2, -0.15) is 13.2 Å². The zero-order valence-electron chi connectivity index (χ0n) is 7.70. The molecule has 0 fully saturated rings. The number of hydrogen-bond donors (Lipinski definition) is 1. The van der Waals surface area contributed by atoms with E-state index in [0.29, 0.717) is 0 Å². The van der Waals surface area contributed by atoms with Crippen LogP contribution in [0.15, 0.2) is 12.1 Å². The molecule has 0 spiro atoms. The Morgan fingerprint density at radius 1 is 1.20 bits per heavy atom. The lowest BCUT2D eigenvalue weighted by molar-refractivity contribution is -0.150. The van der Waals surface area contributed by atoms with Gasteiger partial charge >= 0.3 is 6.18 Å². The highest BCUT2D eigenvalue weighted by Gasteiger charge is 2.41. The molecule has 1 nitrogen and oxygen atoms in total. The maximum atomic E-state index is 13.2. The third-order valence-electron chi connectivity index (χ3n) is 1.98. The maximum absolute atomic E-state index is 13.2. The summed E-state index contributed by atoms with van der Waals surface area (Å²) in [5.74, 6) is -2.54. The fraction of sp³-hybridized carbons (Fsp3) is 0.333. The molecule has 0 aliphatic carbocycles. The molecule has 0 aromatic heterocycles. The lowest BCUT2D eigenvalue weighted by atomic mass is 10.0. The van der Waals surface area contributed by atoms with E-state index in [1.54, 1.807) is 0 Å². The van der Waals surface area contributed by atoms with Gasteiger partial charge in [-0.3, -0.25) is 0 Å². The SMILES string of the molecule is Cc1ccc(F)c(C(N)C(F)(F)F)c1F. The fourth-order valence-corrected chi connectivity index (χ4v) is 1.13. The van der Waals surface area contributed by atoms with E-state index < -0.39 is 29.4 Å². The predicted molar refractivity (Wildman–Crippen MR) is 44.1 cm³/mol. The topological polar surface area (TPSA) is 26.0 Å². The molecule has 1 unspecified atom stereocenters. The molecule has 1 aromatic rings. The van der Waals surface area contributed by atoms with Crippen LogP contribution in [0.1, 0.15) is 17.2 Å². The van der Waals surface area contributed by atoms with E-state index in [2.05, 4.69) is 0 Å². The Bertz CT molecular complexity index is 372. The molecule has 0 radical (unpaired) electrons. The van der Waals surface area contributed by atoms with Crippen molar-refractivity contribution in [3.63, 3.8) is 0 Å². The Labute approximate surface area is 82.7 Å². The number of rotatable bonds is 1. The van der Waals surface area contributed by atoms with Crippen LogP contribution in [0.25, 0.3) is 0 Å². The molecule has 15 heavy (non-hydrogen) atoms. The first-order valence-electron chi connectivity index (χ1n) is 4.02. The molecule has 6 heteroatoms. The first kappa shape index (κ1) is 11.9. The van der Waals surface area contributed by atoms with Gasteiger partial charge in [0.05, 0.1) is 0 Å². The minimum atomic E-state index is -4.87. The van der Waals surface area contributed by atoms with Gasteiger partial charge in [0, 0.05) is 5.56 Å². The van der Waals surface area contributed by atoms with Crippen molar-refractivity contribution in [3.05, 3.63) is 34.9 Å². The van der Waals surface area contributed by atoms with Gasteiger partial charge < -0.3 is 5.73 Å². The summed E-state index contributed by atoms with van der Waals surface area (Å²) >= 11 is 0. The number of aryl methyl sites for hydroxylation is 1. The summed E-state index contributed by atoms with van der Waals surface area (Å²) in [6, 6.07) is -0.825. The van der Waals surface area contributed by atoms with Gasteiger partial charge in [0.25, 0.3) is 0 Å². The second kappa shape index (κ2) is 3.77. The average Bonchev–Trinajstić information content (AvgIpc) is 2.10. The van der Waals surface area contributed by atoms with E-state index in [9.17, 15) is 22.0 Å². The Morgan fingerprint density at radius 2 is 1.73 bits per heavy atom. The van der Waals surface area contributed by atoms with E-state index in [1.807, 2.05) is 0 Å².